The fourth-order valence-corrected chi connectivity index (χ4v) is 3.41. The van der Waals surface area contributed by atoms with Crippen LogP contribution in [0.4, 0.5) is 0 Å². The van der Waals surface area contributed by atoms with Crippen molar-refractivity contribution in [2.45, 2.75) is 38.8 Å². The van der Waals surface area contributed by atoms with Crippen LogP contribution in [-0.2, 0) is 11.3 Å². The number of carboxylic acids is 1. The molecule has 0 aromatic carbocycles. The van der Waals surface area contributed by atoms with Gasteiger partial charge in [0, 0.05) is 38.4 Å². The Morgan fingerprint density at radius 3 is 2.71 bits per heavy atom. The van der Waals surface area contributed by atoms with Gasteiger partial charge in [-0.05, 0) is 37.7 Å². The number of likely N-dealkylation sites (tertiary alicyclic amines) is 1. The molecule has 1 amide bonds. The zero-order valence-corrected chi connectivity index (χ0v) is 14.7. The van der Waals surface area contributed by atoms with E-state index in [-0.39, 0.29) is 30.8 Å². The Kier molecular flexibility index (Phi) is 6.23. The Morgan fingerprint density at radius 1 is 1.38 bits per heavy atom. The Bertz CT molecular complexity index is 588. The number of nitrogens with one attached hydrogen (secondary N) is 1. The lowest BCUT2D eigenvalue weighted by molar-refractivity contribution is -0.137. The number of aliphatic carboxylic acids is 1. The van der Waals surface area contributed by atoms with Crippen LogP contribution in [0.1, 0.15) is 36.7 Å². The number of hydrogen-bond acceptors (Lipinski definition) is 4. The Balaban J connectivity index is 0.00000208. The average molecular weight is 357 g/mol. The van der Waals surface area contributed by atoms with Gasteiger partial charge in [0.15, 0.2) is 0 Å². The van der Waals surface area contributed by atoms with Crippen molar-refractivity contribution < 1.29 is 14.7 Å². The van der Waals surface area contributed by atoms with E-state index < -0.39 is 5.97 Å². The van der Waals surface area contributed by atoms with E-state index in [4.69, 9.17) is 5.11 Å². The third-order valence-corrected chi connectivity index (χ3v) is 4.82. The summed E-state index contributed by atoms with van der Waals surface area (Å²) >= 11 is 0. The lowest BCUT2D eigenvalue weighted by Gasteiger charge is -2.18. The highest BCUT2D eigenvalue weighted by Crippen LogP contribution is 2.41. The quantitative estimate of drug-likeness (QED) is 0.767. The number of amides is 1. The number of aryl methyl sites for hydroxylation is 1. The van der Waals surface area contributed by atoms with E-state index >= 15 is 0 Å². The summed E-state index contributed by atoms with van der Waals surface area (Å²) in [6.07, 6.45) is 4.39. The predicted octanol–water partition coefficient (Wildman–Crippen LogP) is 1.24. The summed E-state index contributed by atoms with van der Waals surface area (Å²) < 4.78 is 1.74. The van der Waals surface area contributed by atoms with Crippen LogP contribution in [0.5, 0.6) is 0 Å². The van der Waals surface area contributed by atoms with Crippen molar-refractivity contribution in [3.8, 4) is 0 Å². The largest absolute Gasteiger partial charge is 0.481 e. The zero-order valence-electron chi connectivity index (χ0n) is 13.9. The molecule has 7 nitrogen and oxygen atoms in total. The molecule has 1 saturated heterocycles. The lowest BCUT2D eigenvalue weighted by Crippen LogP contribution is -2.41. The van der Waals surface area contributed by atoms with Gasteiger partial charge in [-0.1, -0.05) is 0 Å². The van der Waals surface area contributed by atoms with E-state index in [2.05, 4.69) is 15.3 Å². The molecule has 1 aliphatic heterocycles. The first-order chi connectivity index (χ1) is 11.1. The van der Waals surface area contributed by atoms with Crippen molar-refractivity contribution in [1.29, 1.82) is 0 Å². The molecule has 2 aliphatic rings. The van der Waals surface area contributed by atoms with Gasteiger partial charge in [0.25, 0.3) is 5.91 Å². The molecule has 2 fully saturated rings. The summed E-state index contributed by atoms with van der Waals surface area (Å²) in [6.45, 7) is 4.88. The molecule has 1 aromatic rings. The highest BCUT2D eigenvalue weighted by Gasteiger charge is 2.43. The maximum Gasteiger partial charge on any atom is 0.304 e. The second-order valence-electron chi connectivity index (χ2n) is 6.54. The lowest BCUT2D eigenvalue weighted by atomic mass is 9.98. The van der Waals surface area contributed by atoms with E-state index in [1.165, 1.54) is 12.8 Å². The van der Waals surface area contributed by atoms with Crippen LogP contribution in [0, 0.1) is 11.8 Å². The molecule has 1 saturated carbocycles. The molecule has 0 radical (unpaired) electrons. The van der Waals surface area contributed by atoms with Crippen LogP contribution in [0.15, 0.2) is 12.3 Å². The van der Waals surface area contributed by atoms with Gasteiger partial charge in [0.2, 0.25) is 0 Å². The number of nitrogens with zero attached hydrogens (tertiary/aromatic N) is 3. The van der Waals surface area contributed by atoms with Gasteiger partial charge in [-0.2, -0.15) is 5.10 Å². The summed E-state index contributed by atoms with van der Waals surface area (Å²) in [6, 6.07) is 1.83. The van der Waals surface area contributed by atoms with E-state index in [9.17, 15) is 9.59 Å². The van der Waals surface area contributed by atoms with Crippen LogP contribution in [-0.4, -0.2) is 57.3 Å². The Hall–Kier alpha value is -1.60. The number of carboxylic acid groups (broad SMARTS) is 1. The number of carbonyl (C=O) groups excluding carboxylic acids is 1. The maximum atomic E-state index is 12.4. The summed E-state index contributed by atoms with van der Waals surface area (Å²) in [7, 11) is 0. The molecule has 1 aromatic heterocycles. The standard InChI is InChI=1S/C16H24N4O3.ClH/c1-2-20-8-5-13(18-20)16(23)17-14-10-19(7-6-15(21)22)9-12(14)11-3-4-11;/h5,8,11-12,14H,2-4,6-7,9-10H2,1H3,(H,17,23)(H,21,22);1H/t12-,14+;/m1./s1. The smallest absolute Gasteiger partial charge is 0.304 e. The average Bonchev–Trinajstić information content (AvgIpc) is 3.11. The predicted molar refractivity (Wildman–Crippen MR) is 91.3 cm³/mol. The van der Waals surface area contributed by atoms with Gasteiger partial charge in [0.05, 0.1) is 6.42 Å². The molecule has 0 bridgehead atoms. The van der Waals surface area contributed by atoms with Gasteiger partial charge < -0.3 is 15.3 Å². The minimum atomic E-state index is -0.773. The van der Waals surface area contributed by atoms with Crippen molar-refractivity contribution in [3.05, 3.63) is 18.0 Å². The highest BCUT2D eigenvalue weighted by atomic mass is 35.5. The van der Waals surface area contributed by atoms with Gasteiger partial charge in [-0.3, -0.25) is 14.3 Å². The van der Waals surface area contributed by atoms with Crippen LogP contribution in [0.25, 0.3) is 0 Å². The van der Waals surface area contributed by atoms with Crippen LogP contribution in [0.2, 0.25) is 0 Å². The Morgan fingerprint density at radius 2 is 2.12 bits per heavy atom. The van der Waals surface area contributed by atoms with Crippen molar-refractivity contribution in [1.82, 2.24) is 20.0 Å². The second kappa shape index (κ2) is 7.98. The highest BCUT2D eigenvalue weighted by molar-refractivity contribution is 5.92. The second-order valence-corrected chi connectivity index (χ2v) is 6.54. The van der Waals surface area contributed by atoms with Gasteiger partial charge in [-0.15, -0.1) is 12.4 Å². The minimum Gasteiger partial charge on any atom is -0.481 e. The molecule has 2 atom stereocenters. The molecule has 2 heterocycles. The fourth-order valence-electron chi connectivity index (χ4n) is 3.41. The molecule has 0 unspecified atom stereocenters. The molecule has 24 heavy (non-hydrogen) atoms. The molecule has 8 heteroatoms. The third kappa shape index (κ3) is 4.48. The number of carbonyl (C=O) groups is 2. The van der Waals surface area contributed by atoms with Crippen molar-refractivity contribution in [3.63, 3.8) is 0 Å². The summed E-state index contributed by atoms with van der Waals surface area (Å²) in [5.74, 6) is 0.197. The number of aromatic nitrogens is 2. The third-order valence-electron chi connectivity index (χ3n) is 4.82. The normalized spacial score (nSPS) is 23.7. The summed E-state index contributed by atoms with van der Waals surface area (Å²) in [4.78, 5) is 25.3. The minimum absolute atomic E-state index is 0. The van der Waals surface area contributed by atoms with Crippen molar-refractivity contribution >= 4 is 24.3 Å². The first-order valence-corrected chi connectivity index (χ1v) is 8.35. The molecule has 0 spiro atoms. The fraction of sp³-hybridized carbons (Fsp3) is 0.688. The van der Waals surface area contributed by atoms with Gasteiger partial charge in [-0.25, -0.2) is 0 Å². The molecule has 1 aliphatic carbocycles. The van der Waals surface area contributed by atoms with Gasteiger partial charge in [0.1, 0.15) is 5.69 Å². The van der Waals surface area contributed by atoms with E-state index in [0.29, 0.717) is 24.1 Å². The van der Waals surface area contributed by atoms with E-state index in [0.717, 1.165) is 19.6 Å². The molecule has 3 rings (SSSR count). The SMILES string of the molecule is CCn1ccc(C(=O)N[C@H]2CN(CCC(=O)O)C[C@@H]2C2CC2)n1.Cl. The van der Waals surface area contributed by atoms with Crippen LogP contribution in [0.3, 0.4) is 0 Å². The Labute approximate surface area is 147 Å². The number of halogens is 1. The molecular weight excluding hydrogens is 332 g/mol. The first kappa shape index (κ1) is 18.7. The first-order valence-electron chi connectivity index (χ1n) is 8.35. The van der Waals surface area contributed by atoms with Crippen molar-refractivity contribution in [2.24, 2.45) is 11.8 Å². The number of rotatable bonds is 7. The van der Waals surface area contributed by atoms with Crippen molar-refractivity contribution in [2.75, 3.05) is 19.6 Å². The van der Waals surface area contributed by atoms with Crippen LogP contribution >= 0.6 is 12.4 Å². The molecule has 134 valence electrons. The summed E-state index contributed by atoms with van der Waals surface area (Å²) in [5.41, 5.74) is 0.449. The molecular formula is C16H25ClN4O3. The monoisotopic (exact) mass is 356 g/mol. The zero-order chi connectivity index (χ0) is 16.4. The summed E-state index contributed by atoms with van der Waals surface area (Å²) in [5, 5.41) is 16.2. The number of hydrogen-bond donors (Lipinski definition) is 2. The maximum absolute atomic E-state index is 12.4. The molecule has 2 N–H and O–H groups in total. The topological polar surface area (TPSA) is 87.5 Å². The van der Waals surface area contributed by atoms with E-state index in [1.807, 2.05) is 6.92 Å². The van der Waals surface area contributed by atoms with E-state index in [1.54, 1.807) is 16.9 Å². The van der Waals surface area contributed by atoms with Crippen LogP contribution < -0.4 is 5.32 Å². The van der Waals surface area contributed by atoms with Gasteiger partial charge >= 0.3 is 5.97 Å².